The molecule has 0 aromatic heterocycles. The second-order valence-corrected chi connectivity index (χ2v) is 10.5. The second-order valence-electron chi connectivity index (χ2n) is 10.5. The lowest BCUT2D eigenvalue weighted by Gasteiger charge is -2.51. The van der Waals surface area contributed by atoms with Crippen LogP contribution in [-0.4, -0.2) is 12.3 Å². The minimum absolute atomic E-state index is 0.0683. The van der Waals surface area contributed by atoms with Crippen LogP contribution < -0.4 is 9.80 Å². The maximum atomic E-state index is 13.5. The van der Waals surface area contributed by atoms with E-state index in [1.54, 1.807) is 0 Å². The fourth-order valence-electron chi connectivity index (χ4n) is 5.80. The van der Waals surface area contributed by atoms with Crippen molar-refractivity contribution < 1.29 is 4.79 Å². The van der Waals surface area contributed by atoms with E-state index in [1.807, 2.05) is 6.07 Å². The standard InChI is InChI=1S/C32H30N2O/c1-32(2)20-29-28(30(35)21-32)22-33(24-14-5-3-6-15-24)31(34(29)25-16-7-4-8-17-25)27-19-11-13-23-12-9-10-18-26(23)27/h3-19,31H,20-22H2,1-2H3. The van der Waals surface area contributed by atoms with E-state index in [0.29, 0.717) is 13.0 Å². The number of rotatable bonds is 3. The van der Waals surface area contributed by atoms with Gasteiger partial charge in [0.1, 0.15) is 6.17 Å². The topological polar surface area (TPSA) is 23.6 Å². The van der Waals surface area contributed by atoms with Crippen molar-refractivity contribution in [1.82, 2.24) is 0 Å². The average Bonchev–Trinajstić information content (AvgIpc) is 2.88. The van der Waals surface area contributed by atoms with Crippen molar-refractivity contribution in [2.24, 2.45) is 5.41 Å². The number of hydrogen-bond acceptors (Lipinski definition) is 3. The highest BCUT2D eigenvalue weighted by molar-refractivity contribution is 6.00. The number of ketones is 1. The number of nitrogens with zero attached hydrogens (tertiary/aromatic N) is 2. The fourth-order valence-corrected chi connectivity index (χ4v) is 5.80. The molecular weight excluding hydrogens is 428 g/mol. The summed E-state index contributed by atoms with van der Waals surface area (Å²) in [6, 6.07) is 36.3. The molecule has 1 atom stereocenters. The molecule has 1 heterocycles. The predicted molar refractivity (Wildman–Crippen MR) is 144 cm³/mol. The number of Topliss-reactive ketones (excluding diaryl/α,β-unsaturated/α-hetero) is 1. The number of anilines is 2. The smallest absolute Gasteiger partial charge is 0.162 e. The van der Waals surface area contributed by atoms with Crippen LogP contribution in [0.3, 0.4) is 0 Å². The molecule has 0 saturated carbocycles. The van der Waals surface area contributed by atoms with Crippen LogP contribution in [0.5, 0.6) is 0 Å². The minimum Gasteiger partial charge on any atom is -0.342 e. The molecule has 174 valence electrons. The van der Waals surface area contributed by atoms with Crippen LogP contribution in [0, 0.1) is 5.41 Å². The largest absolute Gasteiger partial charge is 0.342 e. The maximum absolute atomic E-state index is 13.5. The normalized spacial score (nSPS) is 19.7. The van der Waals surface area contributed by atoms with Crippen LogP contribution in [0.4, 0.5) is 11.4 Å². The first-order valence-corrected chi connectivity index (χ1v) is 12.4. The van der Waals surface area contributed by atoms with Crippen molar-refractivity contribution in [3.8, 4) is 0 Å². The Bertz CT molecular complexity index is 1420. The van der Waals surface area contributed by atoms with Crippen molar-refractivity contribution in [1.29, 1.82) is 0 Å². The van der Waals surface area contributed by atoms with Crippen LogP contribution >= 0.6 is 0 Å². The third-order valence-corrected chi connectivity index (χ3v) is 7.35. The Labute approximate surface area is 207 Å². The van der Waals surface area contributed by atoms with Gasteiger partial charge in [0.2, 0.25) is 0 Å². The molecular formula is C32H30N2O. The first-order chi connectivity index (χ1) is 17.0. The lowest BCUT2D eigenvalue weighted by molar-refractivity contribution is -0.118. The maximum Gasteiger partial charge on any atom is 0.162 e. The highest BCUT2D eigenvalue weighted by Gasteiger charge is 2.44. The number of benzene rings is 4. The van der Waals surface area contributed by atoms with E-state index in [9.17, 15) is 4.79 Å². The van der Waals surface area contributed by atoms with Gasteiger partial charge >= 0.3 is 0 Å². The summed E-state index contributed by atoms with van der Waals surface area (Å²) in [5.74, 6) is 0.273. The number of hydrogen-bond donors (Lipinski definition) is 0. The Kier molecular flexibility index (Phi) is 5.21. The zero-order chi connectivity index (χ0) is 24.0. The third kappa shape index (κ3) is 3.81. The summed E-state index contributed by atoms with van der Waals surface area (Å²) >= 11 is 0. The summed E-state index contributed by atoms with van der Waals surface area (Å²) in [5, 5.41) is 2.47. The first kappa shape index (κ1) is 21.7. The molecule has 2 aliphatic rings. The van der Waals surface area contributed by atoms with Gasteiger partial charge in [-0.05, 0) is 46.9 Å². The summed E-state index contributed by atoms with van der Waals surface area (Å²) in [7, 11) is 0. The van der Waals surface area contributed by atoms with Crippen molar-refractivity contribution in [2.75, 3.05) is 16.3 Å². The third-order valence-electron chi connectivity index (χ3n) is 7.35. The molecule has 0 fully saturated rings. The van der Waals surface area contributed by atoms with Gasteiger partial charge in [0.15, 0.2) is 5.78 Å². The van der Waals surface area contributed by atoms with E-state index >= 15 is 0 Å². The Morgan fingerprint density at radius 1 is 0.714 bits per heavy atom. The molecule has 0 bridgehead atoms. The van der Waals surface area contributed by atoms with E-state index in [1.165, 1.54) is 22.0 Å². The van der Waals surface area contributed by atoms with Gasteiger partial charge in [-0.1, -0.05) is 92.7 Å². The van der Waals surface area contributed by atoms with Crippen LogP contribution in [0.25, 0.3) is 10.8 Å². The Morgan fingerprint density at radius 3 is 2.09 bits per heavy atom. The highest BCUT2D eigenvalue weighted by atomic mass is 16.1. The first-order valence-electron chi connectivity index (χ1n) is 12.4. The molecule has 4 aromatic rings. The van der Waals surface area contributed by atoms with Gasteiger partial charge in [-0.3, -0.25) is 4.79 Å². The lowest BCUT2D eigenvalue weighted by Crippen LogP contribution is -2.51. The molecule has 1 aliphatic carbocycles. The summed E-state index contributed by atoms with van der Waals surface area (Å²) in [6.07, 6.45) is 1.40. The molecule has 6 rings (SSSR count). The molecule has 0 amide bonds. The Balaban J connectivity index is 1.65. The van der Waals surface area contributed by atoms with Gasteiger partial charge in [0.25, 0.3) is 0 Å². The number of carbonyl (C=O) groups excluding carboxylic acids is 1. The molecule has 4 aromatic carbocycles. The molecule has 0 spiro atoms. The predicted octanol–water partition coefficient (Wildman–Crippen LogP) is 7.51. The molecule has 0 radical (unpaired) electrons. The van der Waals surface area contributed by atoms with Crippen LogP contribution in [0.15, 0.2) is 114 Å². The summed E-state index contributed by atoms with van der Waals surface area (Å²) in [6.45, 7) is 5.05. The molecule has 1 aliphatic heterocycles. The monoisotopic (exact) mass is 458 g/mol. The van der Waals surface area contributed by atoms with Gasteiger partial charge in [0.05, 0.1) is 6.54 Å². The number of fused-ring (bicyclic) bond motifs is 1. The minimum atomic E-state index is -0.0775. The fraction of sp³-hybridized carbons (Fsp3) is 0.219. The molecule has 0 N–H and O–H groups in total. The van der Waals surface area contributed by atoms with Gasteiger partial charge in [-0.15, -0.1) is 0 Å². The number of para-hydroxylation sites is 2. The van der Waals surface area contributed by atoms with Crippen LogP contribution in [-0.2, 0) is 4.79 Å². The van der Waals surface area contributed by atoms with Crippen molar-refractivity contribution in [3.05, 3.63) is 120 Å². The van der Waals surface area contributed by atoms with Crippen molar-refractivity contribution in [3.63, 3.8) is 0 Å². The molecule has 1 unspecified atom stereocenters. The van der Waals surface area contributed by atoms with E-state index in [-0.39, 0.29) is 17.4 Å². The average molecular weight is 459 g/mol. The second kappa shape index (κ2) is 8.42. The van der Waals surface area contributed by atoms with E-state index < -0.39 is 0 Å². The van der Waals surface area contributed by atoms with Crippen molar-refractivity contribution >= 4 is 27.9 Å². The SMILES string of the molecule is CC1(C)CC(=O)C2=C(C1)N(c1ccccc1)C(c1cccc3ccccc13)N(c1ccccc1)C2. The Hall–Kier alpha value is -3.85. The molecule has 3 nitrogen and oxygen atoms in total. The highest BCUT2D eigenvalue weighted by Crippen LogP contribution is 2.49. The molecule has 3 heteroatoms. The van der Waals surface area contributed by atoms with Crippen LogP contribution in [0.2, 0.25) is 0 Å². The Morgan fingerprint density at radius 2 is 1.34 bits per heavy atom. The number of carbonyl (C=O) groups is 1. The lowest BCUT2D eigenvalue weighted by atomic mass is 9.74. The van der Waals surface area contributed by atoms with Crippen LogP contribution in [0.1, 0.15) is 38.4 Å². The van der Waals surface area contributed by atoms with Gasteiger partial charge in [-0.25, -0.2) is 0 Å². The van der Waals surface area contributed by atoms with Gasteiger partial charge < -0.3 is 9.80 Å². The summed E-state index contributed by atoms with van der Waals surface area (Å²) < 4.78 is 0. The zero-order valence-corrected chi connectivity index (χ0v) is 20.3. The number of allylic oxidation sites excluding steroid dienone is 1. The summed E-state index contributed by atoms with van der Waals surface area (Å²) in [5.41, 5.74) is 5.54. The van der Waals surface area contributed by atoms with Crippen molar-refractivity contribution in [2.45, 2.75) is 32.9 Å². The zero-order valence-electron chi connectivity index (χ0n) is 20.3. The molecule has 35 heavy (non-hydrogen) atoms. The van der Waals surface area contributed by atoms with Gasteiger partial charge in [0, 0.05) is 34.6 Å². The van der Waals surface area contributed by atoms with E-state index in [2.05, 4.69) is 121 Å². The van der Waals surface area contributed by atoms with Gasteiger partial charge in [-0.2, -0.15) is 0 Å². The summed E-state index contributed by atoms with van der Waals surface area (Å²) in [4.78, 5) is 18.4. The van der Waals surface area contributed by atoms with E-state index in [0.717, 1.165) is 23.4 Å². The molecule has 0 saturated heterocycles. The van der Waals surface area contributed by atoms with E-state index in [4.69, 9.17) is 0 Å². The quantitative estimate of drug-likeness (QED) is 0.317.